The number of benzene rings is 1. The van der Waals surface area contributed by atoms with Crippen molar-refractivity contribution in [2.24, 2.45) is 0 Å². The molecule has 4 nitrogen and oxygen atoms in total. The van der Waals surface area contributed by atoms with Gasteiger partial charge in [0.25, 0.3) is 5.91 Å². The predicted octanol–water partition coefficient (Wildman–Crippen LogP) is 4.53. The number of rotatable bonds is 4. The van der Waals surface area contributed by atoms with Gasteiger partial charge < -0.3 is 5.32 Å². The lowest BCUT2D eigenvalue weighted by Gasteiger charge is -2.06. The molecule has 0 atom stereocenters. The van der Waals surface area contributed by atoms with Crippen molar-refractivity contribution in [1.82, 2.24) is 9.97 Å². The molecular formula is C17H12ClN3OS. The van der Waals surface area contributed by atoms with Gasteiger partial charge in [-0.3, -0.25) is 4.79 Å². The van der Waals surface area contributed by atoms with Crippen LogP contribution < -0.4 is 5.32 Å². The molecule has 0 aliphatic carbocycles. The monoisotopic (exact) mass is 341 g/mol. The van der Waals surface area contributed by atoms with Crippen LogP contribution >= 0.6 is 23.4 Å². The summed E-state index contributed by atoms with van der Waals surface area (Å²) >= 11 is 7.26. The van der Waals surface area contributed by atoms with Gasteiger partial charge >= 0.3 is 0 Å². The Kier molecular flexibility index (Phi) is 4.90. The maximum absolute atomic E-state index is 12.2. The number of aromatic nitrogens is 2. The van der Waals surface area contributed by atoms with Crippen LogP contribution in [0.3, 0.4) is 0 Å². The maximum Gasteiger partial charge on any atom is 0.255 e. The number of hydrogen-bond donors (Lipinski definition) is 1. The van der Waals surface area contributed by atoms with Gasteiger partial charge in [0.05, 0.1) is 11.9 Å². The Morgan fingerprint density at radius 3 is 2.48 bits per heavy atom. The van der Waals surface area contributed by atoms with Crippen LogP contribution in [0.1, 0.15) is 10.4 Å². The maximum atomic E-state index is 12.2. The molecule has 1 N–H and O–H groups in total. The SMILES string of the molecule is O=C(Nc1ccc(Cl)nc1)c1ccc(Sc2ccccn2)cc1. The number of nitrogens with zero attached hydrogens (tertiary/aromatic N) is 2. The first-order chi connectivity index (χ1) is 11.2. The fourth-order valence-corrected chi connectivity index (χ4v) is 2.74. The van der Waals surface area contributed by atoms with Gasteiger partial charge in [0.1, 0.15) is 10.2 Å². The minimum absolute atomic E-state index is 0.191. The first-order valence-corrected chi connectivity index (χ1v) is 8.02. The third kappa shape index (κ3) is 4.31. The van der Waals surface area contributed by atoms with Crippen molar-refractivity contribution in [2.45, 2.75) is 9.92 Å². The molecular weight excluding hydrogens is 330 g/mol. The van der Waals surface area contributed by atoms with Gasteiger partial charge in [0.2, 0.25) is 0 Å². The van der Waals surface area contributed by atoms with Crippen molar-refractivity contribution in [3.8, 4) is 0 Å². The smallest absolute Gasteiger partial charge is 0.255 e. The number of hydrogen-bond acceptors (Lipinski definition) is 4. The first-order valence-electron chi connectivity index (χ1n) is 6.82. The third-order valence-corrected chi connectivity index (χ3v) is 4.14. The summed E-state index contributed by atoms with van der Waals surface area (Å²) in [5.41, 5.74) is 1.18. The van der Waals surface area contributed by atoms with Crippen molar-refractivity contribution in [2.75, 3.05) is 5.32 Å². The molecule has 23 heavy (non-hydrogen) atoms. The van der Waals surface area contributed by atoms with Crippen molar-refractivity contribution < 1.29 is 4.79 Å². The highest BCUT2D eigenvalue weighted by Gasteiger charge is 2.07. The molecule has 0 fully saturated rings. The zero-order chi connectivity index (χ0) is 16.1. The number of anilines is 1. The topological polar surface area (TPSA) is 54.9 Å². The van der Waals surface area contributed by atoms with Crippen molar-refractivity contribution in [1.29, 1.82) is 0 Å². The van der Waals surface area contributed by atoms with E-state index in [0.29, 0.717) is 16.4 Å². The molecule has 0 unspecified atom stereocenters. The van der Waals surface area contributed by atoms with E-state index in [4.69, 9.17) is 11.6 Å². The van der Waals surface area contributed by atoms with E-state index >= 15 is 0 Å². The lowest BCUT2D eigenvalue weighted by molar-refractivity contribution is 0.102. The molecule has 0 aliphatic rings. The Morgan fingerprint density at radius 1 is 1.00 bits per heavy atom. The van der Waals surface area contributed by atoms with Crippen molar-refractivity contribution >= 4 is 35.0 Å². The van der Waals surface area contributed by atoms with Gasteiger partial charge in [0, 0.05) is 16.7 Å². The summed E-state index contributed by atoms with van der Waals surface area (Å²) in [6.45, 7) is 0. The Balaban J connectivity index is 1.66. The third-order valence-electron chi connectivity index (χ3n) is 2.96. The Morgan fingerprint density at radius 2 is 1.83 bits per heavy atom. The quantitative estimate of drug-likeness (QED) is 0.708. The van der Waals surface area contributed by atoms with E-state index in [2.05, 4.69) is 15.3 Å². The van der Waals surface area contributed by atoms with Crippen molar-refractivity contribution in [3.05, 3.63) is 77.7 Å². The lowest BCUT2D eigenvalue weighted by Crippen LogP contribution is -2.11. The zero-order valence-corrected chi connectivity index (χ0v) is 13.5. The summed E-state index contributed by atoms with van der Waals surface area (Å²) in [5, 5.41) is 4.08. The number of amides is 1. The number of carbonyl (C=O) groups excluding carboxylic acids is 1. The van der Waals surface area contributed by atoms with Crippen LogP contribution in [0.4, 0.5) is 5.69 Å². The van der Waals surface area contributed by atoms with Gasteiger partial charge in [-0.15, -0.1) is 0 Å². The second-order valence-electron chi connectivity index (χ2n) is 4.62. The van der Waals surface area contributed by atoms with E-state index in [9.17, 15) is 4.79 Å². The highest BCUT2D eigenvalue weighted by Crippen LogP contribution is 2.25. The normalized spacial score (nSPS) is 10.3. The molecule has 1 amide bonds. The number of halogens is 1. The van der Waals surface area contributed by atoms with Crippen LogP contribution in [-0.4, -0.2) is 15.9 Å². The number of pyridine rings is 2. The summed E-state index contributed by atoms with van der Waals surface area (Å²) in [6.07, 6.45) is 3.27. The number of carbonyl (C=O) groups is 1. The average molecular weight is 342 g/mol. The molecule has 0 radical (unpaired) electrons. The Bertz CT molecular complexity index is 792. The minimum atomic E-state index is -0.191. The summed E-state index contributed by atoms with van der Waals surface area (Å²) < 4.78 is 0. The molecule has 3 rings (SSSR count). The summed E-state index contributed by atoms with van der Waals surface area (Å²) in [7, 11) is 0. The van der Waals surface area contributed by atoms with Gasteiger partial charge in [-0.25, -0.2) is 9.97 Å². The van der Waals surface area contributed by atoms with Crippen LogP contribution in [0.25, 0.3) is 0 Å². The van der Waals surface area contributed by atoms with E-state index in [1.807, 2.05) is 30.3 Å². The predicted molar refractivity (Wildman–Crippen MR) is 92.0 cm³/mol. The molecule has 3 aromatic rings. The second kappa shape index (κ2) is 7.26. The summed E-state index contributed by atoms with van der Waals surface area (Å²) in [4.78, 5) is 21.4. The fraction of sp³-hybridized carbons (Fsp3) is 0. The minimum Gasteiger partial charge on any atom is -0.321 e. The molecule has 6 heteroatoms. The highest BCUT2D eigenvalue weighted by molar-refractivity contribution is 7.99. The molecule has 2 heterocycles. The number of nitrogens with one attached hydrogen (secondary N) is 1. The molecule has 0 spiro atoms. The van der Waals surface area contributed by atoms with Crippen LogP contribution in [0.5, 0.6) is 0 Å². The van der Waals surface area contributed by atoms with Gasteiger partial charge in [0.15, 0.2) is 0 Å². The lowest BCUT2D eigenvalue weighted by atomic mass is 10.2. The van der Waals surface area contributed by atoms with Gasteiger partial charge in [-0.2, -0.15) is 0 Å². The molecule has 0 saturated carbocycles. The molecule has 1 aromatic carbocycles. The van der Waals surface area contributed by atoms with Crippen LogP contribution in [0, 0.1) is 0 Å². The highest BCUT2D eigenvalue weighted by atomic mass is 35.5. The summed E-state index contributed by atoms with van der Waals surface area (Å²) in [6, 6.07) is 16.5. The summed E-state index contributed by atoms with van der Waals surface area (Å²) in [5.74, 6) is -0.191. The van der Waals surface area contributed by atoms with E-state index in [0.717, 1.165) is 9.92 Å². The van der Waals surface area contributed by atoms with Gasteiger partial charge in [-0.05, 0) is 48.5 Å². The van der Waals surface area contributed by atoms with Crippen LogP contribution in [0.15, 0.2) is 76.9 Å². The van der Waals surface area contributed by atoms with E-state index in [1.54, 1.807) is 42.2 Å². The first kappa shape index (κ1) is 15.5. The zero-order valence-electron chi connectivity index (χ0n) is 11.9. The van der Waals surface area contributed by atoms with E-state index in [-0.39, 0.29) is 5.91 Å². The Labute approximate surface area is 142 Å². The van der Waals surface area contributed by atoms with E-state index in [1.165, 1.54) is 6.20 Å². The standard InChI is InChI=1S/C17H12ClN3OS/c18-15-9-6-13(11-20-15)21-17(22)12-4-7-14(8-5-12)23-16-3-1-2-10-19-16/h1-11H,(H,21,22). The molecule has 0 saturated heterocycles. The molecule has 0 bridgehead atoms. The Hall–Kier alpha value is -2.37. The van der Waals surface area contributed by atoms with Crippen LogP contribution in [-0.2, 0) is 0 Å². The molecule has 0 aliphatic heterocycles. The second-order valence-corrected chi connectivity index (χ2v) is 6.10. The fourth-order valence-electron chi connectivity index (χ4n) is 1.86. The molecule has 2 aromatic heterocycles. The van der Waals surface area contributed by atoms with E-state index < -0.39 is 0 Å². The van der Waals surface area contributed by atoms with Crippen LogP contribution in [0.2, 0.25) is 5.15 Å². The van der Waals surface area contributed by atoms with Crippen molar-refractivity contribution in [3.63, 3.8) is 0 Å². The largest absolute Gasteiger partial charge is 0.321 e. The molecule has 114 valence electrons. The van der Waals surface area contributed by atoms with Gasteiger partial charge in [-0.1, -0.05) is 29.4 Å². The average Bonchev–Trinajstić information content (AvgIpc) is 2.58.